The lowest BCUT2D eigenvalue weighted by Crippen LogP contribution is -2.18. The number of hydrogen-bond acceptors (Lipinski definition) is 4. The number of aryl methyl sites for hydroxylation is 1. The van der Waals surface area contributed by atoms with Crippen LogP contribution in [0.4, 0.5) is 0 Å². The molecule has 5 nitrogen and oxygen atoms in total. The molecule has 0 aliphatic carbocycles. The van der Waals surface area contributed by atoms with E-state index < -0.39 is 5.91 Å². The summed E-state index contributed by atoms with van der Waals surface area (Å²) < 4.78 is 0. The summed E-state index contributed by atoms with van der Waals surface area (Å²) in [5.41, 5.74) is 11.1. The van der Waals surface area contributed by atoms with Gasteiger partial charge in [0.2, 0.25) is 5.91 Å². The van der Waals surface area contributed by atoms with Gasteiger partial charge in [0.25, 0.3) is 0 Å². The first-order valence-electron chi connectivity index (χ1n) is 8.47. The maximum Gasteiger partial charge on any atom is 0.249 e. The van der Waals surface area contributed by atoms with Crippen molar-refractivity contribution in [1.29, 1.82) is 0 Å². The van der Waals surface area contributed by atoms with Crippen molar-refractivity contribution in [1.82, 2.24) is 14.9 Å². The van der Waals surface area contributed by atoms with Crippen LogP contribution in [0, 0.1) is 6.92 Å². The normalized spacial score (nSPS) is 10.9. The van der Waals surface area contributed by atoms with Gasteiger partial charge in [0.05, 0.1) is 5.69 Å². The number of aromatic nitrogens is 2. The monoisotopic (exact) mass is 346 g/mol. The average Bonchev–Trinajstić information content (AvgIpc) is 2.64. The van der Waals surface area contributed by atoms with Crippen molar-refractivity contribution in [3.63, 3.8) is 0 Å². The van der Waals surface area contributed by atoms with E-state index in [-0.39, 0.29) is 0 Å². The Morgan fingerprint density at radius 2 is 1.96 bits per heavy atom. The SMILES string of the molecule is Cc1cccnc1CN(C)Cc1cccc(-c2cnccc2C(N)=O)c1. The molecule has 0 unspecified atom stereocenters. The molecule has 3 rings (SSSR count). The summed E-state index contributed by atoms with van der Waals surface area (Å²) in [7, 11) is 2.07. The zero-order valence-corrected chi connectivity index (χ0v) is 15.0. The van der Waals surface area contributed by atoms with Gasteiger partial charge in [-0.05, 0) is 48.9 Å². The van der Waals surface area contributed by atoms with Crippen molar-refractivity contribution in [2.75, 3.05) is 7.05 Å². The molecule has 0 aliphatic rings. The van der Waals surface area contributed by atoms with E-state index in [1.54, 1.807) is 18.5 Å². The van der Waals surface area contributed by atoms with Crippen LogP contribution in [0.5, 0.6) is 0 Å². The molecular formula is C21H22N4O. The van der Waals surface area contributed by atoms with Crippen molar-refractivity contribution in [2.24, 2.45) is 5.73 Å². The molecule has 1 amide bonds. The molecule has 132 valence electrons. The average molecular weight is 346 g/mol. The zero-order chi connectivity index (χ0) is 18.5. The van der Waals surface area contributed by atoms with Crippen LogP contribution in [0.25, 0.3) is 11.1 Å². The van der Waals surface area contributed by atoms with Gasteiger partial charge >= 0.3 is 0 Å². The first-order chi connectivity index (χ1) is 12.5. The van der Waals surface area contributed by atoms with Gasteiger partial charge in [0, 0.05) is 42.8 Å². The van der Waals surface area contributed by atoms with Crippen molar-refractivity contribution < 1.29 is 4.79 Å². The highest BCUT2D eigenvalue weighted by atomic mass is 16.1. The number of hydrogen-bond donors (Lipinski definition) is 1. The van der Waals surface area contributed by atoms with Crippen LogP contribution in [0.3, 0.4) is 0 Å². The smallest absolute Gasteiger partial charge is 0.249 e. The second-order valence-electron chi connectivity index (χ2n) is 6.43. The van der Waals surface area contributed by atoms with E-state index in [9.17, 15) is 4.79 Å². The maximum atomic E-state index is 11.7. The summed E-state index contributed by atoms with van der Waals surface area (Å²) in [6, 6.07) is 13.8. The van der Waals surface area contributed by atoms with E-state index in [2.05, 4.69) is 47.0 Å². The van der Waals surface area contributed by atoms with Crippen molar-refractivity contribution >= 4 is 5.91 Å². The van der Waals surface area contributed by atoms with Crippen molar-refractivity contribution in [3.05, 3.63) is 83.4 Å². The second-order valence-corrected chi connectivity index (χ2v) is 6.43. The fraction of sp³-hybridized carbons (Fsp3) is 0.190. The van der Waals surface area contributed by atoms with E-state index in [1.165, 1.54) is 5.56 Å². The molecule has 0 aliphatic heterocycles. The molecule has 3 aromatic rings. The van der Waals surface area contributed by atoms with Crippen LogP contribution < -0.4 is 5.73 Å². The Morgan fingerprint density at radius 3 is 2.73 bits per heavy atom. The minimum atomic E-state index is -0.449. The third kappa shape index (κ3) is 4.13. The van der Waals surface area contributed by atoms with Gasteiger partial charge in [-0.1, -0.05) is 24.3 Å². The van der Waals surface area contributed by atoms with Crippen LogP contribution in [-0.2, 0) is 13.1 Å². The van der Waals surface area contributed by atoms with Gasteiger partial charge in [-0.15, -0.1) is 0 Å². The largest absolute Gasteiger partial charge is 0.366 e. The second kappa shape index (κ2) is 7.89. The number of pyridine rings is 2. The predicted octanol–water partition coefficient (Wildman–Crippen LogP) is 3.18. The van der Waals surface area contributed by atoms with E-state index in [1.807, 2.05) is 24.4 Å². The molecule has 0 saturated heterocycles. The number of carbonyl (C=O) groups is 1. The van der Waals surface area contributed by atoms with Gasteiger partial charge in [0.15, 0.2) is 0 Å². The standard InChI is InChI=1S/C21H22N4O/c1-15-5-4-9-24-20(15)14-25(2)13-16-6-3-7-17(11-16)19-12-23-10-8-18(19)21(22)26/h3-12H,13-14H2,1-2H3,(H2,22,26). The van der Waals surface area contributed by atoms with Crippen LogP contribution in [0.15, 0.2) is 61.1 Å². The molecule has 2 aromatic heterocycles. The quantitative estimate of drug-likeness (QED) is 0.744. The van der Waals surface area contributed by atoms with E-state index in [0.717, 1.165) is 35.5 Å². The van der Waals surface area contributed by atoms with E-state index in [0.29, 0.717) is 5.56 Å². The minimum absolute atomic E-state index is 0.449. The van der Waals surface area contributed by atoms with Gasteiger partial charge in [-0.3, -0.25) is 19.7 Å². The first-order valence-corrected chi connectivity index (χ1v) is 8.47. The molecule has 0 radical (unpaired) electrons. The lowest BCUT2D eigenvalue weighted by molar-refractivity contribution is 0.100. The number of amides is 1. The Kier molecular flexibility index (Phi) is 5.39. The molecule has 2 heterocycles. The summed E-state index contributed by atoms with van der Waals surface area (Å²) in [4.78, 5) is 22.5. The van der Waals surface area contributed by atoms with Crippen molar-refractivity contribution in [2.45, 2.75) is 20.0 Å². The summed E-state index contributed by atoms with van der Waals surface area (Å²) in [6.45, 7) is 3.62. The lowest BCUT2D eigenvalue weighted by Gasteiger charge is -2.18. The van der Waals surface area contributed by atoms with Gasteiger partial charge in [-0.2, -0.15) is 0 Å². The predicted molar refractivity (Wildman–Crippen MR) is 102 cm³/mol. The Morgan fingerprint density at radius 1 is 1.12 bits per heavy atom. The molecule has 0 spiro atoms. The highest BCUT2D eigenvalue weighted by Crippen LogP contribution is 2.24. The molecule has 1 aromatic carbocycles. The highest BCUT2D eigenvalue weighted by Gasteiger charge is 2.11. The number of benzene rings is 1. The first kappa shape index (κ1) is 17.8. The highest BCUT2D eigenvalue weighted by molar-refractivity contribution is 5.99. The third-order valence-electron chi connectivity index (χ3n) is 4.31. The molecule has 0 saturated carbocycles. The molecule has 0 bridgehead atoms. The molecule has 2 N–H and O–H groups in total. The van der Waals surface area contributed by atoms with Crippen molar-refractivity contribution in [3.8, 4) is 11.1 Å². The number of nitrogens with zero attached hydrogens (tertiary/aromatic N) is 3. The Hall–Kier alpha value is -3.05. The van der Waals surface area contributed by atoms with Crippen LogP contribution >= 0.6 is 0 Å². The fourth-order valence-electron chi connectivity index (χ4n) is 2.98. The summed E-state index contributed by atoms with van der Waals surface area (Å²) in [5, 5.41) is 0. The van der Waals surface area contributed by atoms with E-state index >= 15 is 0 Å². The maximum absolute atomic E-state index is 11.7. The number of rotatable bonds is 6. The molecule has 0 fully saturated rings. The summed E-state index contributed by atoms with van der Waals surface area (Å²) in [6.07, 6.45) is 5.08. The van der Waals surface area contributed by atoms with Gasteiger partial charge < -0.3 is 5.73 Å². The van der Waals surface area contributed by atoms with Gasteiger partial charge in [-0.25, -0.2) is 0 Å². The molecule has 0 atom stereocenters. The number of primary amides is 1. The molecular weight excluding hydrogens is 324 g/mol. The van der Waals surface area contributed by atoms with Crippen LogP contribution in [0.1, 0.15) is 27.2 Å². The summed E-state index contributed by atoms with van der Waals surface area (Å²) in [5.74, 6) is -0.449. The number of nitrogens with two attached hydrogens (primary N) is 1. The van der Waals surface area contributed by atoms with Gasteiger partial charge in [0.1, 0.15) is 0 Å². The van der Waals surface area contributed by atoms with Crippen LogP contribution in [-0.4, -0.2) is 27.8 Å². The van der Waals surface area contributed by atoms with Crippen LogP contribution in [0.2, 0.25) is 0 Å². The minimum Gasteiger partial charge on any atom is -0.366 e. The topological polar surface area (TPSA) is 72.1 Å². The molecule has 5 heteroatoms. The lowest BCUT2D eigenvalue weighted by atomic mass is 9.99. The Balaban J connectivity index is 1.80. The summed E-state index contributed by atoms with van der Waals surface area (Å²) >= 11 is 0. The third-order valence-corrected chi connectivity index (χ3v) is 4.31. The Bertz CT molecular complexity index is 923. The zero-order valence-electron chi connectivity index (χ0n) is 15.0. The van der Waals surface area contributed by atoms with E-state index in [4.69, 9.17) is 5.73 Å². The fourth-order valence-corrected chi connectivity index (χ4v) is 2.98. The molecule has 26 heavy (non-hydrogen) atoms. The Labute approximate surface area is 153 Å². The number of carbonyl (C=O) groups excluding carboxylic acids is 1.